The van der Waals surface area contributed by atoms with Crippen molar-refractivity contribution in [2.75, 3.05) is 13.1 Å². The van der Waals surface area contributed by atoms with Crippen molar-refractivity contribution in [2.24, 2.45) is 0 Å². The van der Waals surface area contributed by atoms with Crippen LogP contribution in [0.3, 0.4) is 0 Å². The predicted octanol–water partition coefficient (Wildman–Crippen LogP) is 3.11. The first-order valence-electron chi connectivity index (χ1n) is 8.06. The van der Waals surface area contributed by atoms with Crippen LogP contribution in [0.5, 0.6) is 0 Å². The molecule has 2 N–H and O–H groups in total. The third-order valence-electron chi connectivity index (χ3n) is 4.51. The van der Waals surface area contributed by atoms with E-state index in [2.05, 4.69) is 38.8 Å². The molecule has 23 heavy (non-hydrogen) atoms. The van der Waals surface area contributed by atoms with Gasteiger partial charge in [-0.05, 0) is 36.1 Å². The maximum absolute atomic E-state index is 12.4. The highest BCUT2D eigenvalue weighted by molar-refractivity contribution is 9.10. The SMILES string of the molecule is C[C@H](NC(=O)C[NH+]1CCC[C@@H]1c1cccs1)c1ccc(Br)cc1. The molecule has 122 valence electrons. The fourth-order valence-electron chi connectivity index (χ4n) is 3.29. The van der Waals surface area contributed by atoms with E-state index in [-0.39, 0.29) is 11.9 Å². The Balaban J connectivity index is 1.57. The Morgan fingerprint density at radius 3 is 2.87 bits per heavy atom. The number of nitrogens with one attached hydrogen (secondary N) is 2. The summed E-state index contributed by atoms with van der Waals surface area (Å²) in [7, 11) is 0. The number of halogens is 1. The number of hydrogen-bond donors (Lipinski definition) is 2. The first-order chi connectivity index (χ1) is 11.1. The van der Waals surface area contributed by atoms with Gasteiger partial charge in [-0.3, -0.25) is 4.79 Å². The second-order valence-corrected chi connectivity index (χ2v) is 8.03. The van der Waals surface area contributed by atoms with Gasteiger partial charge in [0.2, 0.25) is 0 Å². The van der Waals surface area contributed by atoms with Crippen LogP contribution in [-0.4, -0.2) is 19.0 Å². The average molecular weight is 394 g/mol. The fraction of sp³-hybridized carbons (Fsp3) is 0.389. The van der Waals surface area contributed by atoms with Gasteiger partial charge in [-0.25, -0.2) is 0 Å². The number of hydrogen-bond acceptors (Lipinski definition) is 2. The molecular weight excluding hydrogens is 372 g/mol. The summed E-state index contributed by atoms with van der Waals surface area (Å²) in [6, 6.07) is 12.9. The molecule has 1 saturated heterocycles. The topological polar surface area (TPSA) is 33.5 Å². The van der Waals surface area contributed by atoms with E-state index in [9.17, 15) is 4.79 Å². The van der Waals surface area contributed by atoms with Crippen LogP contribution in [-0.2, 0) is 4.79 Å². The highest BCUT2D eigenvalue weighted by atomic mass is 79.9. The minimum atomic E-state index is 0.0396. The predicted molar refractivity (Wildman–Crippen MR) is 97.7 cm³/mol. The summed E-state index contributed by atoms with van der Waals surface area (Å²) in [5.74, 6) is 0.138. The summed E-state index contributed by atoms with van der Waals surface area (Å²) in [6.45, 7) is 3.68. The summed E-state index contributed by atoms with van der Waals surface area (Å²) in [5.41, 5.74) is 1.13. The number of benzene rings is 1. The van der Waals surface area contributed by atoms with E-state index in [0.29, 0.717) is 12.6 Å². The first kappa shape index (κ1) is 16.7. The van der Waals surface area contributed by atoms with E-state index in [0.717, 1.165) is 16.6 Å². The molecule has 1 amide bonds. The normalized spacial score (nSPS) is 22.0. The molecule has 0 aliphatic carbocycles. The van der Waals surface area contributed by atoms with Crippen LogP contribution in [0.2, 0.25) is 0 Å². The molecule has 1 aromatic heterocycles. The molecule has 3 atom stereocenters. The largest absolute Gasteiger partial charge is 0.345 e. The maximum atomic E-state index is 12.4. The average Bonchev–Trinajstić information content (AvgIpc) is 3.18. The van der Waals surface area contributed by atoms with Crippen LogP contribution in [0.25, 0.3) is 0 Å². The van der Waals surface area contributed by atoms with Gasteiger partial charge in [0.05, 0.1) is 17.5 Å². The number of rotatable bonds is 5. The van der Waals surface area contributed by atoms with E-state index >= 15 is 0 Å². The molecule has 1 aliphatic heterocycles. The molecular formula is C18H22BrN2OS+. The van der Waals surface area contributed by atoms with Crippen LogP contribution in [0, 0.1) is 0 Å². The number of likely N-dealkylation sites (tertiary alicyclic amines) is 1. The van der Waals surface area contributed by atoms with Gasteiger partial charge in [-0.2, -0.15) is 0 Å². The third-order valence-corrected chi connectivity index (χ3v) is 6.02. The van der Waals surface area contributed by atoms with E-state index in [1.165, 1.54) is 22.6 Å². The molecule has 3 nitrogen and oxygen atoms in total. The van der Waals surface area contributed by atoms with Crippen molar-refractivity contribution in [3.63, 3.8) is 0 Å². The Morgan fingerprint density at radius 2 is 2.17 bits per heavy atom. The summed E-state index contributed by atoms with van der Waals surface area (Å²) in [5, 5.41) is 5.26. The third kappa shape index (κ3) is 4.22. The molecule has 1 unspecified atom stereocenters. The Labute approximate surface area is 149 Å². The van der Waals surface area contributed by atoms with Gasteiger partial charge in [0.15, 0.2) is 6.54 Å². The molecule has 2 aromatic rings. The Morgan fingerprint density at radius 1 is 1.39 bits per heavy atom. The molecule has 1 fully saturated rings. The molecule has 0 saturated carbocycles. The van der Waals surface area contributed by atoms with Crippen LogP contribution in [0.15, 0.2) is 46.3 Å². The number of thiophene rings is 1. The van der Waals surface area contributed by atoms with E-state index in [1.807, 2.05) is 31.2 Å². The molecule has 0 radical (unpaired) electrons. The van der Waals surface area contributed by atoms with Gasteiger partial charge in [0, 0.05) is 17.3 Å². The lowest BCUT2D eigenvalue weighted by atomic mass is 10.1. The molecule has 3 rings (SSSR count). The summed E-state index contributed by atoms with van der Waals surface area (Å²) >= 11 is 5.25. The second kappa shape index (κ2) is 7.60. The smallest absolute Gasteiger partial charge is 0.275 e. The monoisotopic (exact) mass is 393 g/mol. The summed E-state index contributed by atoms with van der Waals surface area (Å²) in [6.07, 6.45) is 2.39. The minimum absolute atomic E-state index is 0.0396. The van der Waals surface area contributed by atoms with Gasteiger partial charge in [-0.15, -0.1) is 11.3 Å². The highest BCUT2D eigenvalue weighted by Gasteiger charge is 2.32. The lowest BCUT2D eigenvalue weighted by Crippen LogP contribution is -3.11. The lowest BCUT2D eigenvalue weighted by molar-refractivity contribution is -0.910. The number of quaternary nitrogens is 1. The second-order valence-electron chi connectivity index (χ2n) is 6.14. The zero-order valence-electron chi connectivity index (χ0n) is 13.2. The maximum Gasteiger partial charge on any atom is 0.275 e. The molecule has 0 bridgehead atoms. The first-order valence-corrected chi connectivity index (χ1v) is 9.73. The molecule has 1 aromatic carbocycles. The van der Waals surface area contributed by atoms with Crippen LogP contribution >= 0.6 is 27.3 Å². The van der Waals surface area contributed by atoms with Crippen molar-refractivity contribution in [2.45, 2.75) is 31.8 Å². The van der Waals surface area contributed by atoms with Crippen molar-refractivity contribution in [1.82, 2.24) is 5.32 Å². The van der Waals surface area contributed by atoms with Gasteiger partial charge >= 0.3 is 0 Å². The van der Waals surface area contributed by atoms with Crippen LogP contribution in [0.1, 0.15) is 42.3 Å². The Kier molecular flexibility index (Phi) is 5.51. The van der Waals surface area contributed by atoms with E-state index in [4.69, 9.17) is 0 Å². The molecule has 1 aliphatic rings. The van der Waals surface area contributed by atoms with Crippen molar-refractivity contribution in [3.8, 4) is 0 Å². The van der Waals surface area contributed by atoms with Crippen molar-refractivity contribution >= 4 is 33.2 Å². The quantitative estimate of drug-likeness (QED) is 0.803. The Bertz CT molecular complexity index is 642. The van der Waals surface area contributed by atoms with E-state index in [1.54, 1.807) is 11.3 Å². The molecule has 2 heterocycles. The minimum Gasteiger partial charge on any atom is -0.345 e. The molecule has 0 spiro atoms. The number of carbonyl (C=O) groups excluding carboxylic acids is 1. The Hall–Kier alpha value is -1.17. The van der Waals surface area contributed by atoms with Crippen LogP contribution in [0.4, 0.5) is 0 Å². The zero-order chi connectivity index (χ0) is 16.2. The van der Waals surface area contributed by atoms with Gasteiger partial charge in [-0.1, -0.05) is 34.1 Å². The summed E-state index contributed by atoms with van der Waals surface area (Å²) < 4.78 is 1.06. The van der Waals surface area contributed by atoms with Gasteiger partial charge in [0.25, 0.3) is 5.91 Å². The molecule has 5 heteroatoms. The summed E-state index contributed by atoms with van der Waals surface area (Å²) in [4.78, 5) is 15.2. The van der Waals surface area contributed by atoms with Gasteiger partial charge < -0.3 is 10.2 Å². The highest BCUT2D eigenvalue weighted by Crippen LogP contribution is 2.23. The standard InChI is InChI=1S/C18H21BrN2OS/c1-13(14-6-8-15(19)9-7-14)20-18(22)12-21-10-2-4-16(21)17-5-3-11-23-17/h3,5-9,11,13,16H,2,4,10,12H2,1H3,(H,20,22)/p+1/t13-,16+/m0/s1. The fourth-order valence-corrected chi connectivity index (χ4v) is 4.47. The van der Waals surface area contributed by atoms with Crippen molar-refractivity contribution in [1.29, 1.82) is 0 Å². The van der Waals surface area contributed by atoms with Crippen molar-refractivity contribution < 1.29 is 9.69 Å². The lowest BCUT2D eigenvalue weighted by Gasteiger charge is -2.21. The number of carbonyl (C=O) groups is 1. The van der Waals surface area contributed by atoms with Crippen molar-refractivity contribution in [3.05, 3.63) is 56.7 Å². The number of amides is 1. The zero-order valence-corrected chi connectivity index (χ0v) is 15.6. The van der Waals surface area contributed by atoms with E-state index < -0.39 is 0 Å². The van der Waals surface area contributed by atoms with Crippen LogP contribution < -0.4 is 10.2 Å². The van der Waals surface area contributed by atoms with Gasteiger partial charge in [0.1, 0.15) is 6.04 Å².